The molecule has 0 spiro atoms. The van der Waals surface area contributed by atoms with Crippen LogP contribution in [0.2, 0.25) is 0 Å². The van der Waals surface area contributed by atoms with Crippen LogP contribution in [0.15, 0.2) is 21.6 Å². The fourth-order valence-electron chi connectivity index (χ4n) is 2.29. The van der Waals surface area contributed by atoms with Crippen LogP contribution in [0, 0.1) is 0 Å². The molecule has 1 N–H and O–H groups in total. The van der Waals surface area contributed by atoms with E-state index in [0.717, 1.165) is 10.6 Å². The van der Waals surface area contributed by atoms with Gasteiger partial charge in [-0.2, -0.15) is 0 Å². The van der Waals surface area contributed by atoms with Gasteiger partial charge in [-0.25, -0.2) is 4.79 Å². The zero-order valence-electron chi connectivity index (χ0n) is 13.1. The summed E-state index contributed by atoms with van der Waals surface area (Å²) < 4.78 is 4.96. The summed E-state index contributed by atoms with van der Waals surface area (Å²) in [6.07, 6.45) is 14.9. The molecule has 1 rings (SSSR count). The van der Waals surface area contributed by atoms with Crippen molar-refractivity contribution in [2.45, 2.75) is 76.0 Å². The molecule has 120 valence electrons. The molecular formula is C17H28O3S. The Bertz CT molecular complexity index is 387. The van der Waals surface area contributed by atoms with Gasteiger partial charge in [-0.1, -0.05) is 64.7 Å². The minimum Gasteiger partial charge on any atom is -0.475 e. The SMILES string of the molecule is CCCCCCCCCCCCSc1coc(C(=O)O)c1. The summed E-state index contributed by atoms with van der Waals surface area (Å²) in [5.74, 6) is 0.0658. The molecule has 4 heteroatoms. The Morgan fingerprint density at radius 3 is 2.14 bits per heavy atom. The van der Waals surface area contributed by atoms with Crippen LogP contribution in [0.5, 0.6) is 0 Å². The van der Waals surface area contributed by atoms with Gasteiger partial charge in [0.25, 0.3) is 0 Å². The van der Waals surface area contributed by atoms with Gasteiger partial charge in [0, 0.05) is 11.0 Å². The van der Waals surface area contributed by atoms with Crippen molar-refractivity contribution >= 4 is 17.7 Å². The van der Waals surface area contributed by atoms with Gasteiger partial charge in [0.1, 0.15) is 6.26 Å². The molecule has 0 radical (unpaired) electrons. The lowest BCUT2D eigenvalue weighted by Crippen LogP contribution is -1.91. The highest BCUT2D eigenvalue weighted by molar-refractivity contribution is 7.99. The topological polar surface area (TPSA) is 50.4 Å². The van der Waals surface area contributed by atoms with Gasteiger partial charge < -0.3 is 9.52 Å². The number of aromatic carboxylic acids is 1. The molecule has 0 saturated heterocycles. The number of hydrogen-bond acceptors (Lipinski definition) is 3. The van der Waals surface area contributed by atoms with E-state index in [-0.39, 0.29) is 5.76 Å². The number of furan rings is 1. The van der Waals surface area contributed by atoms with Crippen LogP contribution in [0.4, 0.5) is 0 Å². The maximum Gasteiger partial charge on any atom is 0.371 e. The predicted molar refractivity (Wildman–Crippen MR) is 88.2 cm³/mol. The maximum absolute atomic E-state index is 10.7. The number of carboxylic acids is 1. The van der Waals surface area contributed by atoms with Crippen LogP contribution in [0.25, 0.3) is 0 Å². The van der Waals surface area contributed by atoms with E-state index in [9.17, 15) is 4.79 Å². The number of hydrogen-bond donors (Lipinski definition) is 1. The molecule has 0 unspecified atom stereocenters. The third kappa shape index (κ3) is 8.86. The highest BCUT2D eigenvalue weighted by Gasteiger charge is 2.08. The smallest absolute Gasteiger partial charge is 0.371 e. The Balaban J connectivity index is 1.89. The van der Waals surface area contributed by atoms with Crippen molar-refractivity contribution in [3.63, 3.8) is 0 Å². The lowest BCUT2D eigenvalue weighted by Gasteiger charge is -2.02. The lowest BCUT2D eigenvalue weighted by molar-refractivity contribution is 0.0662. The normalized spacial score (nSPS) is 10.9. The first-order valence-corrected chi connectivity index (χ1v) is 9.17. The molecule has 3 nitrogen and oxygen atoms in total. The average Bonchev–Trinajstić information content (AvgIpc) is 2.94. The molecule has 1 heterocycles. The van der Waals surface area contributed by atoms with E-state index in [4.69, 9.17) is 9.52 Å². The van der Waals surface area contributed by atoms with E-state index in [2.05, 4.69) is 6.92 Å². The molecular weight excluding hydrogens is 284 g/mol. The van der Waals surface area contributed by atoms with Gasteiger partial charge in [0.05, 0.1) is 0 Å². The predicted octanol–water partition coefficient (Wildman–Crippen LogP) is 5.99. The molecule has 0 atom stereocenters. The molecule has 0 saturated carbocycles. The second kappa shape index (κ2) is 11.7. The summed E-state index contributed by atoms with van der Waals surface area (Å²) >= 11 is 1.68. The van der Waals surface area contributed by atoms with Crippen molar-refractivity contribution in [3.8, 4) is 0 Å². The zero-order valence-corrected chi connectivity index (χ0v) is 13.9. The van der Waals surface area contributed by atoms with E-state index < -0.39 is 5.97 Å². The Morgan fingerprint density at radius 1 is 1.05 bits per heavy atom. The molecule has 1 aromatic rings. The Hall–Kier alpha value is -0.900. The van der Waals surface area contributed by atoms with E-state index >= 15 is 0 Å². The molecule has 1 aromatic heterocycles. The van der Waals surface area contributed by atoms with Crippen LogP contribution in [-0.4, -0.2) is 16.8 Å². The van der Waals surface area contributed by atoms with Gasteiger partial charge in [0.2, 0.25) is 5.76 Å². The van der Waals surface area contributed by atoms with Crippen LogP contribution in [0.3, 0.4) is 0 Å². The number of carbonyl (C=O) groups is 1. The monoisotopic (exact) mass is 312 g/mol. The molecule has 0 fully saturated rings. The van der Waals surface area contributed by atoms with Gasteiger partial charge in [-0.15, -0.1) is 11.8 Å². The Kier molecular flexibility index (Phi) is 10.1. The van der Waals surface area contributed by atoms with Crippen LogP contribution in [0.1, 0.15) is 81.7 Å². The summed E-state index contributed by atoms with van der Waals surface area (Å²) in [5.41, 5.74) is 0. The van der Waals surface area contributed by atoms with Crippen LogP contribution in [-0.2, 0) is 0 Å². The number of rotatable bonds is 13. The number of unbranched alkanes of at least 4 members (excludes halogenated alkanes) is 9. The highest BCUT2D eigenvalue weighted by atomic mass is 32.2. The van der Waals surface area contributed by atoms with E-state index in [1.807, 2.05) is 0 Å². The third-order valence-corrected chi connectivity index (χ3v) is 4.59. The average molecular weight is 312 g/mol. The molecule has 0 aliphatic carbocycles. The molecule has 0 amide bonds. The van der Waals surface area contributed by atoms with Crippen molar-refractivity contribution in [3.05, 3.63) is 18.1 Å². The first-order valence-electron chi connectivity index (χ1n) is 8.18. The summed E-state index contributed by atoms with van der Waals surface area (Å²) in [5, 5.41) is 8.76. The first kappa shape index (κ1) is 18.1. The summed E-state index contributed by atoms with van der Waals surface area (Å²) in [6.45, 7) is 2.25. The zero-order chi connectivity index (χ0) is 15.3. The summed E-state index contributed by atoms with van der Waals surface area (Å²) in [6, 6.07) is 1.60. The maximum atomic E-state index is 10.7. The van der Waals surface area contributed by atoms with Gasteiger partial charge in [-0.05, 0) is 12.2 Å². The van der Waals surface area contributed by atoms with Gasteiger partial charge in [0.15, 0.2) is 0 Å². The second-order valence-electron chi connectivity index (χ2n) is 5.48. The van der Waals surface area contributed by atoms with Crippen molar-refractivity contribution in [2.75, 3.05) is 5.75 Å². The molecule has 0 aliphatic rings. The summed E-state index contributed by atoms with van der Waals surface area (Å²) in [4.78, 5) is 11.6. The minimum absolute atomic E-state index is 0.0283. The quantitative estimate of drug-likeness (QED) is 0.359. The van der Waals surface area contributed by atoms with Crippen molar-refractivity contribution in [1.29, 1.82) is 0 Å². The Labute approximate surface area is 132 Å². The van der Waals surface area contributed by atoms with Crippen molar-refractivity contribution in [2.24, 2.45) is 0 Å². The van der Waals surface area contributed by atoms with Crippen LogP contribution < -0.4 is 0 Å². The van der Waals surface area contributed by atoms with E-state index in [1.54, 1.807) is 17.8 Å². The lowest BCUT2D eigenvalue weighted by atomic mass is 10.1. The number of carboxylic acid groups (broad SMARTS) is 1. The largest absolute Gasteiger partial charge is 0.475 e. The van der Waals surface area contributed by atoms with Gasteiger partial charge >= 0.3 is 5.97 Å². The van der Waals surface area contributed by atoms with E-state index in [0.29, 0.717) is 0 Å². The van der Waals surface area contributed by atoms with Crippen LogP contribution >= 0.6 is 11.8 Å². The minimum atomic E-state index is -0.999. The molecule has 21 heavy (non-hydrogen) atoms. The molecule has 0 bridgehead atoms. The highest BCUT2D eigenvalue weighted by Crippen LogP contribution is 2.22. The third-order valence-electron chi connectivity index (χ3n) is 3.55. The second-order valence-corrected chi connectivity index (χ2v) is 6.65. The first-order chi connectivity index (χ1) is 10.2. The number of thioether (sulfide) groups is 1. The molecule has 0 aromatic carbocycles. The van der Waals surface area contributed by atoms with Gasteiger partial charge in [-0.3, -0.25) is 0 Å². The standard InChI is InChI=1S/C17H28O3S/c1-2-3-4-5-6-7-8-9-10-11-12-21-15-13-16(17(18)19)20-14-15/h13-14H,2-12H2,1H3,(H,18,19). The molecule has 0 aliphatic heterocycles. The van der Waals surface area contributed by atoms with E-state index in [1.165, 1.54) is 70.5 Å². The van der Waals surface area contributed by atoms with Crippen molar-refractivity contribution in [1.82, 2.24) is 0 Å². The summed E-state index contributed by atoms with van der Waals surface area (Å²) in [7, 11) is 0. The fourth-order valence-corrected chi connectivity index (χ4v) is 3.18. The van der Waals surface area contributed by atoms with Crippen molar-refractivity contribution < 1.29 is 14.3 Å². The Morgan fingerprint density at radius 2 is 1.62 bits per heavy atom. The fraction of sp³-hybridized carbons (Fsp3) is 0.706.